The Bertz CT molecular complexity index is 651. The SMILES string of the molecule is C[C@H](N[C@@H](C)c1cc(F)ccc1N1CCC(O)CC1)c1ccco1. The van der Waals surface area contributed by atoms with Gasteiger partial charge in [0.2, 0.25) is 0 Å². The van der Waals surface area contributed by atoms with Crippen molar-refractivity contribution in [3.8, 4) is 0 Å². The summed E-state index contributed by atoms with van der Waals surface area (Å²) in [6.45, 7) is 5.66. The molecule has 3 rings (SSSR count). The van der Waals surface area contributed by atoms with Gasteiger partial charge in [-0.2, -0.15) is 0 Å². The summed E-state index contributed by atoms with van der Waals surface area (Å²) in [7, 11) is 0. The average molecular weight is 332 g/mol. The number of rotatable bonds is 5. The quantitative estimate of drug-likeness (QED) is 0.874. The van der Waals surface area contributed by atoms with Gasteiger partial charge >= 0.3 is 0 Å². The Morgan fingerprint density at radius 1 is 1.21 bits per heavy atom. The molecule has 0 unspecified atom stereocenters. The summed E-state index contributed by atoms with van der Waals surface area (Å²) in [5.74, 6) is 0.631. The van der Waals surface area contributed by atoms with Crippen LogP contribution in [-0.4, -0.2) is 24.3 Å². The maximum absolute atomic E-state index is 13.8. The molecule has 1 aromatic carbocycles. The van der Waals surface area contributed by atoms with Gasteiger partial charge in [-0.3, -0.25) is 0 Å². The average Bonchev–Trinajstić information content (AvgIpc) is 3.10. The molecule has 2 N–H and O–H groups in total. The predicted molar refractivity (Wildman–Crippen MR) is 92.5 cm³/mol. The number of hydrogen-bond donors (Lipinski definition) is 2. The molecule has 2 atom stereocenters. The summed E-state index contributed by atoms with van der Waals surface area (Å²) in [6.07, 6.45) is 2.94. The number of hydrogen-bond acceptors (Lipinski definition) is 4. The Labute approximate surface area is 142 Å². The number of nitrogens with one attached hydrogen (secondary N) is 1. The van der Waals surface area contributed by atoms with Crippen molar-refractivity contribution in [2.24, 2.45) is 0 Å². The summed E-state index contributed by atoms with van der Waals surface area (Å²) in [5, 5.41) is 13.2. The Hall–Kier alpha value is -1.85. The molecule has 1 aliphatic rings. The molecule has 4 nitrogen and oxygen atoms in total. The fraction of sp³-hybridized carbons (Fsp3) is 0.474. The van der Waals surface area contributed by atoms with Crippen molar-refractivity contribution >= 4 is 5.69 Å². The van der Waals surface area contributed by atoms with Crippen LogP contribution in [-0.2, 0) is 0 Å². The van der Waals surface area contributed by atoms with E-state index < -0.39 is 0 Å². The van der Waals surface area contributed by atoms with Gasteiger partial charge in [0.1, 0.15) is 11.6 Å². The van der Waals surface area contributed by atoms with Gasteiger partial charge in [0, 0.05) is 24.8 Å². The molecule has 1 fully saturated rings. The van der Waals surface area contributed by atoms with Crippen LogP contribution in [0.4, 0.5) is 10.1 Å². The van der Waals surface area contributed by atoms with E-state index in [0.717, 1.165) is 42.9 Å². The van der Waals surface area contributed by atoms with Crippen LogP contribution in [0.5, 0.6) is 0 Å². The molecule has 130 valence electrons. The van der Waals surface area contributed by atoms with Crippen molar-refractivity contribution in [2.45, 2.75) is 44.9 Å². The highest BCUT2D eigenvalue weighted by molar-refractivity contribution is 5.55. The van der Waals surface area contributed by atoms with Gasteiger partial charge in [-0.05, 0) is 62.6 Å². The first-order valence-corrected chi connectivity index (χ1v) is 8.56. The second-order valence-electron chi connectivity index (χ2n) is 6.55. The Morgan fingerprint density at radius 2 is 1.96 bits per heavy atom. The van der Waals surface area contributed by atoms with E-state index in [0.29, 0.717) is 0 Å². The van der Waals surface area contributed by atoms with Crippen LogP contribution in [0.3, 0.4) is 0 Å². The minimum Gasteiger partial charge on any atom is -0.468 e. The van der Waals surface area contributed by atoms with E-state index in [1.165, 1.54) is 6.07 Å². The number of benzene rings is 1. The van der Waals surface area contributed by atoms with Crippen molar-refractivity contribution < 1.29 is 13.9 Å². The van der Waals surface area contributed by atoms with Gasteiger partial charge in [0.15, 0.2) is 0 Å². The topological polar surface area (TPSA) is 48.6 Å². The molecule has 0 bridgehead atoms. The van der Waals surface area contributed by atoms with Gasteiger partial charge < -0.3 is 19.7 Å². The summed E-state index contributed by atoms with van der Waals surface area (Å²) in [4.78, 5) is 2.23. The molecule has 24 heavy (non-hydrogen) atoms. The number of aliphatic hydroxyl groups is 1. The van der Waals surface area contributed by atoms with Crippen LogP contribution >= 0.6 is 0 Å². The molecule has 1 saturated heterocycles. The maximum atomic E-state index is 13.8. The van der Waals surface area contributed by atoms with Gasteiger partial charge in [-0.25, -0.2) is 4.39 Å². The van der Waals surface area contributed by atoms with E-state index in [1.807, 2.05) is 32.0 Å². The Balaban J connectivity index is 1.79. The third-order valence-corrected chi connectivity index (χ3v) is 4.73. The van der Waals surface area contributed by atoms with Crippen LogP contribution in [0.1, 0.15) is 50.1 Å². The highest BCUT2D eigenvalue weighted by atomic mass is 19.1. The zero-order valence-electron chi connectivity index (χ0n) is 14.2. The second-order valence-corrected chi connectivity index (χ2v) is 6.55. The summed E-state index contributed by atoms with van der Waals surface area (Å²) >= 11 is 0. The Kier molecular flexibility index (Phi) is 5.21. The van der Waals surface area contributed by atoms with Crippen molar-refractivity contribution in [3.05, 3.63) is 53.7 Å². The molecule has 5 heteroatoms. The molecular weight excluding hydrogens is 307 g/mol. The number of anilines is 1. The lowest BCUT2D eigenvalue weighted by Gasteiger charge is -2.34. The van der Waals surface area contributed by atoms with E-state index in [1.54, 1.807) is 12.3 Å². The normalized spacial score (nSPS) is 18.6. The minimum atomic E-state index is -0.231. The predicted octanol–water partition coefficient (Wildman–Crippen LogP) is 3.79. The van der Waals surface area contributed by atoms with Crippen LogP contribution in [0.2, 0.25) is 0 Å². The first-order valence-electron chi connectivity index (χ1n) is 8.56. The molecule has 1 aliphatic heterocycles. The van der Waals surface area contributed by atoms with Gasteiger partial charge in [-0.1, -0.05) is 0 Å². The Morgan fingerprint density at radius 3 is 2.62 bits per heavy atom. The highest BCUT2D eigenvalue weighted by Gasteiger charge is 2.22. The van der Waals surface area contributed by atoms with Crippen LogP contribution < -0.4 is 10.2 Å². The fourth-order valence-electron chi connectivity index (χ4n) is 3.35. The molecule has 0 spiro atoms. The first-order chi connectivity index (χ1) is 11.5. The minimum absolute atomic E-state index is 0.0253. The number of furan rings is 1. The van der Waals surface area contributed by atoms with Crippen LogP contribution in [0.15, 0.2) is 41.0 Å². The fourth-order valence-corrected chi connectivity index (χ4v) is 3.35. The smallest absolute Gasteiger partial charge is 0.123 e. The van der Waals surface area contributed by atoms with E-state index in [2.05, 4.69) is 10.2 Å². The summed E-state index contributed by atoms with van der Waals surface area (Å²) < 4.78 is 19.3. The first kappa shape index (κ1) is 17.0. The number of halogens is 1. The lowest BCUT2D eigenvalue weighted by atomic mass is 10.0. The molecule has 2 aromatic rings. The summed E-state index contributed by atoms with van der Waals surface area (Å²) in [6, 6.07) is 8.77. The molecule has 0 aliphatic carbocycles. The van der Waals surface area contributed by atoms with E-state index in [9.17, 15) is 9.50 Å². The van der Waals surface area contributed by atoms with Gasteiger partial charge in [-0.15, -0.1) is 0 Å². The van der Waals surface area contributed by atoms with E-state index in [-0.39, 0.29) is 24.0 Å². The molecule has 0 amide bonds. The maximum Gasteiger partial charge on any atom is 0.123 e. The lowest BCUT2D eigenvalue weighted by Crippen LogP contribution is -2.37. The third-order valence-electron chi connectivity index (χ3n) is 4.73. The summed E-state index contributed by atoms with van der Waals surface area (Å²) in [5.41, 5.74) is 1.97. The van der Waals surface area contributed by atoms with E-state index >= 15 is 0 Å². The van der Waals surface area contributed by atoms with Gasteiger partial charge in [0.25, 0.3) is 0 Å². The van der Waals surface area contributed by atoms with Crippen LogP contribution in [0.25, 0.3) is 0 Å². The van der Waals surface area contributed by atoms with Crippen molar-refractivity contribution in [2.75, 3.05) is 18.0 Å². The van der Waals surface area contributed by atoms with Crippen molar-refractivity contribution in [3.63, 3.8) is 0 Å². The number of nitrogens with zero attached hydrogens (tertiary/aromatic N) is 1. The molecular formula is C19H25FN2O2. The number of aliphatic hydroxyl groups excluding tert-OH is 1. The van der Waals surface area contributed by atoms with Crippen LogP contribution in [0, 0.1) is 5.82 Å². The molecule has 1 aromatic heterocycles. The molecule has 0 radical (unpaired) electrons. The van der Waals surface area contributed by atoms with E-state index in [4.69, 9.17) is 4.42 Å². The number of piperidine rings is 1. The standard InChI is InChI=1S/C19H25FN2O2/c1-13(21-14(2)19-4-3-11-24-19)17-12-15(20)5-6-18(17)22-9-7-16(23)8-10-22/h3-6,11-14,16,21,23H,7-10H2,1-2H3/t13-,14-/m0/s1. The lowest BCUT2D eigenvalue weighted by molar-refractivity contribution is 0.145. The second kappa shape index (κ2) is 7.36. The van der Waals surface area contributed by atoms with Gasteiger partial charge in [0.05, 0.1) is 18.4 Å². The third kappa shape index (κ3) is 3.79. The molecule has 2 heterocycles. The largest absolute Gasteiger partial charge is 0.468 e. The zero-order valence-corrected chi connectivity index (χ0v) is 14.2. The monoisotopic (exact) mass is 332 g/mol. The molecule has 0 saturated carbocycles. The van der Waals surface area contributed by atoms with Crippen molar-refractivity contribution in [1.29, 1.82) is 0 Å². The highest BCUT2D eigenvalue weighted by Crippen LogP contribution is 2.31. The van der Waals surface area contributed by atoms with Crippen molar-refractivity contribution in [1.82, 2.24) is 5.32 Å². The zero-order chi connectivity index (χ0) is 17.1.